The molecule has 110 valence electrons. The lowest BCUT2D eigenvalue weighted by Gasteiger charge is -2.50. The number of carbonyl (C=O) groups excluding carboxylic acids is 1. The van der Waals surface area contributed by atoms with Crippen LogP contribution < -0.4 is 5.32 Å². The van der Waals surface area contributed by atoms with Gasteiger partial charge < -0.3 is 15.2 Å². The second kappa shape index (κ2) is 4.11. The van der Waals surface area contributed by atoms with Crippen LogP contribution >= 0.6 is 0 Å². The minimum Gasteiger partial charge on any atom is -0.444 e. The van der Waals surface area contributed by atoms with E-state index in [0.29, 0.717) is 0 Å². The van der Waals surface area contributed by atoms with Gasteiger partial charge in [-0.2, -0.15) is 0 Å². The lowest BCUT2D eigenvalue weighted by atomic mass is 9.63. The predicted molar refractivity (Wildman–Crippen MR) is 73.9 cm³/mol. The Labute approximate surface area is 115 Å². The first-order valence-electron chi connectivity index (χ1n) is 7.20. The van der Waals surface area contributed by atoms with E-state index in [1.165, 1.54) is 0 Å². The van der Waals surface area contributed by atoms with Gasteiger partial charge in [-0.05, 0) is 51.9 Å². The van der Waals surface area contributed by atoms with Crippen molar-refractivity contribution in [1.82, 2.24) is 5.32 Å². The molecule has 0 aromatic rings. The van der Waals surface area contributed by atoms with E-state index in [0.717, 1.165) is 25.7 Å². The quantitative estimate of drug-likeness (QED) is 0.828. The molecule has 0 aliphatic heterocycles. The maximum absolute atomic E-state index is 12.1. The van der Waals surface area contributed by atoms with E-state index in [2.05, 4.69) is 19.2 Å². The van der Waals surface area contributed by atoms with Gasteiger partial charge in [0, 0.05) is 5.41 Å². The van der Waals surface area contributed by atoms with E-state index in [1.807, 2.05) is 20.8 Å². The number of aliphatic hydroxyl groups is 1. The van der Waals surface area contributed by atoms with E-state index in [9.17, 15) is 9.90 Å². The largest absolute Gasteiger partial charge is 0.444 e. The zero-order valence-electron chi connectivity index (χ0n) is 12.8. The molecule has 2 saturated carbocycles. The van der Waals surface area contributed by atoms with Gasteiger partial charge in [0.2, 0.25) is 0 Å². The summed E-state index contributed by atoms with van der Waals surface area (Å²) in [5.74, 6) is 0. The van der Waals surface area contributed by atoms with Crippen molar-refractivity contribution in [1.29, 1.82) is 0 Å². The molecule has 4 nitrogen and oxygen atoms in total. The Morgan fingerprint density at radius 3 is 2.11 bits per heavy atom. The lowest BCUT2D eigenvalue weighted by Crippen LogP contribution is -2.62. The highest BCUT2D eigenvalue weighted by Crippen LogP contribution is 2.72. The highest BCUT2D eigenvalue weighted by Gasteiger charge is 2.72. The zero-order valence-corrected chi connectivity index (χ0v) is 12.8. The summed E-state index contributed by atoms with van der Waals surface area (Å²) in [7, 11) is 0. The Balaban J connectivity index is 2.10. The number of alkyl carbamates (subject to hydrolysis) is 1. The van der Waals surface area contributed by atoms with Crippen LogP contribution in [0, 0.1) is 10.8 Å². The molecule has 4 heteroatoms. The molecule has 19 heavy (non-hydrogen) atoms. The number of amides is 1. The van der Waals surface area contributed by atoms with Gasteiger partial charge in [0.1, 0.15) is 5.60 Å². The SMILES string of the molecule is CC(C)(C)OC(=O)NC1(C2(CO)CC2(C)C)CCC1. The third-order valence-electron chi connectivity index (χ3n) is 5.05. The van der Waals surface area contributed by atoms with Crippen LogP contribution in [0.2, 0.25) is 0 Å². The van der Waals surface area contributed by atoms with Crippen LogP contribution in [0.25, 0.3) is 0 Å². The van der Waals surface area contributed by atoms with Crippen LogP contribution in [0.15, 0.2) is 0 Å². The van der Waals surface area contributed by atoms with Crippen molar-refractivity contribution in [2.45, 2.75) is 71.4 Å². The Morgan fingerprint density at radius 2 is 1.84 bits per heavy atom. The van der Waals surface area contributed by atoms with Crippen molar-refractivity contribution < 1.29 is 14.6 Å². The highest BCUT2D eigenvalue weighted by molar-refractivity contribution is 5.69. The molecule has 0 aromatic heterocycles. The molecule has 1 atom stereocenters. The van der Waals surface area contributed by atoms with Crippen LogP contribution in [0.4, 0.5) is 4.79 Å². The Bertz CT molecular complexity index is 379. The van der Waals surface area contributed by atoms with Crippen molar-refractivity contribution >= 4 is 6.09 Å². The van der Waals surface area contributed by atoms with E-state index < -0.39 is 5.60 Å². The fourth-order valence-corrected chi connectivity index (χ4v) is 3.70. The first-order chi connectivity index (χ1) is 8.58. The normalized spacial score (nSPS) is 31.3. The Kier molecular flexibility index (Phi) is 3.17. The fourth-order valence-electron chi connectivity index (χ4n) is 3.70. The minimum absolute atomic E-state index is 0.0944. The fraction of sp³-hybridized carbons (Fsp3) is 0.933. The molecule has 0 saturated heterocycles. The summed E-state index contributed by atoms with van der Waals surface area (Å²) in [6, 6.07) is 0. The van der Waals surface area contributed by atoms with Crippen molar-refractivity contribution in [3.8, 4) is 0 Å². The van der Waals surface area contributed by atoms with Gasteiger partial charge in [-0.1, -0.05) is 13.8 Å². The van der Waals surface area contributed by atoms with E-state index in [1.54, 1.807) is 0 Å². The summed E-state index contributed by atoms with van der Waals surface area (Å²) in [5.41, 5.74) is -0.833. The molecule has 1 amide bonds. The number of rotatable bonds is 3. The molecule has 2 fully saturated rings. The van der Waals surface area contributed by atoms with Gasteiger partial charge in [-0.15, -0.1) is 0 Å². The number of hydrogen-bond donors (Lipinski definition) is 2. The summed E-state index contributed by atoms with van der Waals surface area (Å²) in [6.07, 6.45) is 3.59. The van der Waals surface area contributed by atoms with Crippen molar-refractivity contribution in [2.24, 2.45) is 10.8 Å². The van der Waals surface area contributed by atoms with Crippen molar-refractivity contribution in [2.75, 3.05) is 6.61 Å². The van der Waals surface area contributed by atoms with Crippen LogP contribution in [-0.4, -0.2) is 28.9 Å². The average Bonchev–Trinajstić information content (AvgIpc) is 2.73. The molecule has 1 unspecified atom stereocenters. The first kappa shape index (κ1) is 14.6. The third kappa shape index (κ3) is 2.24. The molecule has 0 heterocycles. The molecule has 2 aliphatic carbocycles. The number of carbonyl (C=O) groups is 1. The molecular weight excluding hydrogens is 242 g/mol. The molecular formula is C15H27NO3. The van der Waals surface area contributed by atoms with Crippen LogP contribution in [0.5, 0.6) is 0 Å². The first-order valence-corrected chi connectivity index (χ1v) is 7.20. The Morgan fingerprint density at radius 1 is 1.32 bits per heavy atom. The molecule has 0 bridgehead atoms. The van der Waals surface area contributed by atoms with Gasteiger partial charge in [0.25, 0.3) is 0 Å². The van der Waals surface area contributed by atoms with E-state index in [-0.39, 0.29) is 29.1 Å². The maximum atomic E-state index is 12.1. The van der Waals surface area contributed by atoms with Gasteiger partial charge in [-0.25, -0.2) is 4.79 Å². The predicted octanol–water partition coefficient (Wildman–Crippen LogP) is 2.84. The summed E-state index contributed by atoms with van der Waals surface area (Å²) < 4.78 is 5.37. The van der Waals surface area contributed by atoms with Gasteiger partial charge in [-0.3, -0.25) is 0 Å². The number of aliphatic hydroxyl groups excluding tert-OH is 1. The van der Waals surface area contributed by atoms with Crippen LogP contribution in [0.1, 0.15) is 60.3 Å². The Hall–Kier alpha value is -0.770. The molecule has 0 aromatic carbocycles. The third-order valence-corrected chi connectivity index (χ3v) is 5.05. The van der Waals surface area contributed by atoms with Gasteiger partial charge >= 0.3 is 6.09 Å². The summed E-state index contributed by atoms with van der Waals surface area (Å²) >= 11 is 0. The monoisotopic (exact) mass is 269 g/mol. The van der Waals surface area contributed by atoms with E-state index >= 15 is 0 Å². The number of hydrogen-bond acceptors (Lipinski definition) is 3. The smallest absolute Gasteiger partial charge is 0.408 e. The summed E-state index contributed by atoms with van der Waals surface area (Å²) in [4.78, 5) is 12.1. The average molecular weight is 269 g/mol. The molecule has 2 rings (SSSR count). The second-order valence-electron chi connectivity index (χ2n) is 7.86. The van der Waals surface area contributed by atoms with Gasteiger partial charge in [0.15, 0.2) is 0 Å². The molecule has 0 radical (unpaired) electrons. The summed E-state index contributed by atoms with van der Waals surface area (Å²) in [6.45, 7) is 10.1. The van der Waals surface area contributed by atoms with Crippen molar-refractivity contribution in [3.63, 3.8) is 0 Å². The topological polar surface area (TPSA) is 58.6 Å². The molecule has 2 aliphatic rings. The maximum Gasteiger partial charge on any atom is 0.408 e. The van der Waals surface area contributed by atoms with Crippen LogP contribution in [0.3, 0.4) is 0 Å². The van der Waals surface area contributed by atoms with Crippen LogP contribution in [-0.2, 0) is 4.74 Å². The number of ether oxygens (including phenoxy) is 1. The standard InChI is InChI=1S/C15H27NO3/c1-12(2,3)19-11(18)16-15(7-6-8-15)14(10-17)9-13(14,4)5/h17H,6-10H2,1-5H3,(H,16,18). The van der Waals surface area contributed by atoms with Gasteiger partial charge in [0.05, 0.1) is 12.1 Å². The zero-order chi connectivity index (χ0) is 14.5. The minimum atomic E-state index is -0.486. The highest BCUT2D eigenvalue weighted by atomic mass is 16.6. The number of nitrogens with one attached hydrogen (secondary N) is 1. The van der Waals surface area contributed by atoms with Crippen molar-refractivity contribution in [3.05, 3.63) is 0 Å². The van der Waals surface area contributed by atoms with E-state index in [4.69, 9.17) is 4.74 Å². The second-order valence-corrected chi connectivity index (χ2v) is 7.86. The summed E-state index contributed by atoms with van der Waals surface area (Å²) in [5, 5.41) is 12.9. The molecule has 0 spiro atoms. The molecule has 2 N–H and O–H groups in total. The lowest BCUT2D eigenvalue weighted by molar-refractivity contribution is -0.00383.